The third-order valence-corrected chi connectivity index (χ3v) is 8.96. The number of esters is 1. The first-order valence-corrected chi connectivity index (χ1v) is 15.3. The molecule has 220 valence electrons. The third kappa shape index (κ3) is 6.38. The first kappa shape index (κ1) is 30.8. The predicted molar refractivity (Wildman–Crippen MR) is 163 cm³/mol. The molecule has 0 unspecified atom stereocenters. The zero-order valence-corrected chi connectivity index (χ0v) is 26.6. The van der Waals surface area contributed by atoms with E-state index in [2.05, 4.69) is 28.2 Å². The zero-order valence-electron chi connectivity index (χ0n) is 24.2. The molecule has 4 rings (SSSR count). The summed E-state index contributed by atoms with van der Waals surface area (Å²) in [5.74, 6) is 2.72. The van der Waals surface area contributed by atoms with E-state index in [1.165, 1.54) is 0 Å². The van der Waals surface area contributed by atoms with Gasteiger partial charge in [0.2, 0.25) is 0 Å². The average Bonchev–Trinajstić information content (AvgIpc) is 2.97. The fraction of sp³-hybridized carbons (Fsp3) is 0.419. The Morgan fingerprint density at radius 2 is 1.63 bits per heavy atom. The van der Waals surface area contributed by atoms with Gasteiger partial charge in [-0.2, -0.15) is 11.8 Å². The van der Waals surface area contributed by atoms with E-state index in [1.54, 1.807) is 46.3 Å². The van der Waals surface area contributed by atoms with Crippen molar-refractivity contribution in [3.63, 3.8) is 0 Å². The first-order chi connectivity index (χ1) is 19.8. The second-order valence-corrected chi connectivity index (χ2v) is 11.9. The molecule has 2 aromatic carbocycles. The van der Waals surface area contributed by atoms with Gasteiger partial charge in [-0.25, -0.2) is 4.79 Å². The monoisotopic (exact) mass is 645 g/mol. The van der Waals surface area contributed by atoms with Crippen LogP contribution in [-0.4, -0.2) is 58.3 Å². The van der Waals surface area contributed by atoms with Crippen LogP contribution in [0.15, 0.2) is 57.3 Å². The van der Waals surface area contributed by atoms with E-state index in [1.807, 2.05) is 31.2 Å². The Kier molecular flexibility index (Phi) is 10.3. The van der Waals surface area contributed by atoms with Crippen molar-refractivity contribution in [3.8, 4) is 23.0 Å². The van der Waals surface area contributed by atoms with E-state index in [0.29, 0.717) is 56.5 Å². The summed E-state index contributed by atoms with van der Waals surface area (Å²) in [7, 11) is 6.31. The van der Waals surface area contributed by atoms with Gasteiger partial charge in [0, 0.05) is 39.5 Å². The Labute approximate surface area is 253 Å². The standard InChI is InChI=1S/C31H36BrNO7S/c1-7-41-11-10-40-31(35)28-17(2)33-22-12-19(18-8-9-24(36-3)25(14-18)37-4)13-23(34)30(22)29(28)20-15-26(38-5)27(39-6)16-21(20)32/h8-9,14-16,19,29,33H,7,10-13H2,1-6H3/t19-,29-/m0/s1. The van der Waals surface area contributed by atoms with Crippen molar-refractivity contribution in [1.29, 1.82) is 0 Å². The van der Waals surface area contributed by atoms with Crippen LogP contribution in [-0.2, 0) is 14.3 Å². The molecule has 0 aromatic heterocycles. The van der Waals surface area contributed by atoms with Crippen LogP contribution in [0.25, 0.3) is 0 Å². The fourth-order valence-corrected chi connectivity index (χ4v) is 6.51. The summed E-state index contributed by atoms with van der Waals surface area (Å²) in [5, 5.41) is 3.41. The molecule has 0 saturated carbocycles. The first-order valence-electron chi connectivity index (χ1n) is 13.4. The lowest BCUT2D eigenvalue weighted by molar-refractivity contribution is -0.138. The molecule has 41 heavy (non-hydrogen) atoms. The zero-order chi connectivity index (χ0) is 29.7. The van der Waals surface area contributed by atoms with Gasteiger partial charge in [-0.15, -0.1) is 0 Å². The summed E-state index contributed by atoms with van der Waals surface area (Å²) in [5.41, 5.74) is 4.14. The number of dihydropyridines is 1. The van der Waals surface area contributed by atoms with Crippen molar-refractivity contribution < 1.29 is 33.3 Å². The lowest BCUT2D eigenvalue weighted by Gasteiger charge is -2.37. The van der Waals surface area contributed by atoms with Gasteiger partial charge < -0.3 is 29.0 Å². The highest BCUT2D eigenvalue weighted by Crippen LogP contribution is 2.49. The second kappa shape index (κ2) is 13.7. The number of Topliss-reactive ketones (excluding diaryl/α,β-unsaturated/α-hetero) is 1. The predicted octanol–water partition coefficient (Wildman–Crippen LogP) is 6.14. The second-order valence-electron chi connectivity index (χ2n) is 9.69. The number of hydrogen-bond donors (Lipinski definition) is 1. The van der Waals surface area contributed by atoms with Crippen molar-refractivity contribution in [3.05, 3.63) is 68.5 Å². The number of ether oxygens (including phenoxy) is 5. The third-order valence-electron chi connectivity index (χ3n) is 7.41. The van der Waals surface area contributed by atoms with Gasteiger partial charge in [0.05, 0.1) is 34.0 Å². The van der Waals surface area contributed by atoms with Gasteiger partial charge >= 0.3 is 5.97 Å². The largest absolute Gasteiger partial charge is 0.493 e. The SMILES string of the molecule is CCSCCOC(=O)C1=C(C)NC2=C(C(=O)C[C@@H](c3ccc(OC)c(OC)c3)C2)[C@H]1c1cc(OC)c(OC)cc1Br. The molecule has 1 aliphatic carbocycles. The molecule has 10 heteroatoms. The van der Waals surface area contributed by atoms with Gasteiger partial charge in [-0.1, -0.05) is 28.9 Å². The van der Waals surface area contributed by atoms with Gasteiger partial charge in [-0.05, 0) is 60.4 Å². The number of nitrogens with one attached hydrogen (secondary N) is 1. The smallest absolute Gasteiger partial charge is 0.336 e. The molecule has 0 amide bonds. The molecule has 0 radical (unpaired) electrons. The minimum Gasteiger partial charge on any atom is -0.493 e. The van der Waals surface area contributed by atoms with Gasteiger partial charge in [-0.3, -0.25) is 4.79 Å². The maximum atomic E-state index is 14.0. The number of carbonyl (C=O) groups excluding carboxylic acids is 2. The summed E-state index contributed by atoms with van der Waals surface area (Å²) < 4.78 is 28.4. The number of benzene rings is 2. The normalized spacial score (nSPS) is 18.5. The number of rotatable bonds is 11. The summed E-state index contributed by atoms with van der Waals surface area (Å²) in [6.45, 7) is 4.20. The van der Waals surface area contributed by atoms with Crippen LogP contribution in [0.3, 0.4) is 0 Å². The van der Waals surface area contributed by atoms with E-state index in [0.717, 1.165) is 22.6 Å². The Balaban J connectivity index is 1.80. The van der Waals surface area contributed by atoms with Crippen LogP contribution < -0.4 is 24.3 Å². The minimum atomic E-state index is -0.648. The van der Waals surface area contributed by atoms with Gasteiger partial charge in [0.15, 0.2) is 28.8 Å². The number of hydrogen-bond acceptors (Lipinski definition) is 9. The minimum absolute atomic E-state index is 0.0374. The quantitative estimate of drug-likeness (QED) is 0.228. The topological polar surface area (TPSA) is 92.3 Å². The lowest BCUT2D eigenvalue weighted by Crippen LogP contribution is -2.36. The average molecular weight is 647 g/mol. The van der Waals surface area contributed by atoms with Crippen LogP contribution in [0.4, 0.5) is 0 Å². The molecule has 0 bridgehead atoms. The Hall–Kier alpha value is -3.11. The molecule has 1 heterocycles. The number of allylic oxidation sites excluding steroid dienone is 3. The van der Waals surface area contributed by atoms with E-state index >= 15 is 0 Å². The molecule has 2 aromatic rings. The molecular weight excluding hydrogens is 610 g/mol. The number of carbonyl (C=O) groups is 2. The molecule has 1 N–H and O–H groups in total. The van der Waals surface area contributed by atoms with E-state index < -0.39 is 11.9 Å². The number of methoxy groups -OCH3 is 4. The number of ketones is 1. The summed E-state index contributed by atoms with van der Waals surface area (Å²) in [4.78, 5) is 27.6. The van der Waals surface area contributed by atoms with Gasteiger partial charge in [0.25, 0.3) is 0 Å². The highest BCUT2D eigenvalue weighted by Gasteiger charge is 2.42. The van der Waals surface area contributed by atoms with Crippen LogP contribution in [0.1, 0.15) is 49.7 Å². The number of halogens is 1. The summed E-state index contributed by atoms with van der Waals surface area (Å²) in [6.07, 6.45) is 0.872. The van der Waals surface area contributed by atoms with Crippen LogP contribution >= 0.6 is 27.7 Å². The Bertz CT molecular complexity index is 1390. The van der Waals surface area contributed by atoms with Crippen molar-refractivity contribution in [2.24, 2.45) is 0 Å². The highest BCUT2D eigenvalue weighted by atomic mass is 79.9. The summed E-state index contributed by atoms with van der Waals surface area (Å²) in [6, 6.07) is 9.37. The molecule has 2 aliphatic rings. The lowest BCUT2D eigenvalue weighted by atomic mass is 9.71. The van der Waals surface area contributed by atoms with E-state index in [4.69, 9.17) is 23.7 Å². The van der Waals surface area contributed by atoms with Crippen molar-refractivity contribution in [2.45, 2.75) is 38.5 Å². The molecule has 0 spiro atoms. The van der Waals surface area contributed by atoms with E-state index in [9.17, 15) is 9.59 Å². The Morgan fingerprint density at radius 1 is 0.976 bits per heavy atom. The molecule has 8 nitrogen and oxygen atoms in total. The van der Waals surface area contributed by atoms with Crippen LogP contribution in [0, 0.1) is 0 Å². The fourth-order valence-electron chi connectivity index (χ4n) is 5.47. The van der Waals surface area contributed by atoms with Crippen molar-refractivity contribution in [2.75, 3.05) is 46.6 Å². The van der Waals surface area contributed by atoms with Gasteiger partial charge in [0.1, 0.15) is 6.61 Å². The molecule has 1 aliphatic heterocycles. The highest BCUT2D eigenvalue weighted by molar-refractivity contribution is 9.10. The van der Waals surface area contributed by atoms with Crippen LogP contribution in [0.2, 0.25) is 0 Å². The van der Waals surface area contributed by atoms with Crippen LogP contribution in [0.5, 0.6) is 23.0 Å². The summed E-state index contributed by atoms with van der Waals surface area (Å²) >= 11 is 5.38. The molecule has 2 atom stereocenters. The van der Waals surface area contributed by atoms with Crippen molar-refractivity contribution >= 4 is 39.4 Å². The molecule has 0 saturated heterocycles. The van der Waals surface area contributed by atoms with Crippen molar-refractivity contribution in [1.82, 2.24) is 5.32 Å². The molecular formula is C31H36BrNO7S. The maximum absolute atomic E-state index is 14.0. The van der Waals surface area contributed by atoms with E-state index in [-0.39, 0.29) is 24.7 Å². The Morgan fingerprint density at radius 3 is 2.29 bits per heavy atom. The maximum Gasteiger partial charge on any atom is 0.336 e. The molecule has 0 fully saturated rings. The number of thioether (sulfide) groups is 1.